The average molecular weight is 464 g/mol. The fourth-order valence-corrected chi connectivity index (χ4v) is 3.81. The molecule has 0 saturated heterocycles. The molecule has 0 radical (unpaired) electrons. The van der Waals surface area contributed by atoms with Gasteiger partial charge in [0.2, 0.25) is 0 Å². The topological polar surface area (TPSA) is 103 Å². The summed E-state index contributed by atoms with van der Waals surface area (Å²) in [4.78, 5) is 36.8. The number of aromatic nitrogens is 1. The Labute approximate surface area is 193 Å². The standard InChI is InChI=1S/C24H18ClN3O5/c1-14-6-8-17(28(31)32)13-20(14)26-24(30)23(29)22-18(12-16-5-3-4-10-27(16)22)15-7-9-21(33-2)19(25)11-15/h3-13H,1-2H3,(H,26,30). The number of non-ortho nitro benzene ring substituents is 1. The predicted octanol–water partition coefficient (Wildman–Crippen LogP) is 5.31. The molecule has 8 nitrogen and oxygen atoms in total. The smallest absolute Gasteiger partial charge is 0.298 e. The molecule has 2 aromatic heterocycles. The number of pyridine rings is 1. The molecule has 0 fully saturated rings. The number of carbonyl (C=O) groups is 2. The van der Waals surface area contributed by atoms with Gasteiger partial charge in [-0.2, -0.15) is 0 Å². The molecule has 0 aliphatic carbocycles. The Morgan fingerprint density at radius 2 is 1.88 bits per heavy atom. The van der Waals surface area contributed by atoms with E-state index >= 15 is 0 Å². The van der Waals surface area contributed by atoms with Crippen LogP contribution in [0.25, 0.3) is 16.6 Å². The maximum atomic E-state index is 13.3. The molecule has 0 unspecified atom stereocenters. The highest BCUT2D eigenvalue weighted by Crippen LogP contribution is 2.34. The average Bonchev–Trinajstić information content (AvgIpc) is 3.19. The summed E-state index contributed by atoms with van der Waals surface area (Å²) in [7, 11) is 1.50. The number of anilines is 1. The van der Waals surface area contributed by atoms with Crippen molar-refractivity contribution in [3.63, 3.8) is 0 Å². The van der Waals surface area contributed by atoms with E-state index in [1.807, 2.05) is 12.1 Å². The van der Waals surface area contributed by atoms with Crippen molar-refractivity contribution in [2.24, 2.45) is 0 Å². The van der Waals surface area contributed by atoms with Gasteiger partial charge in [-0.25, -0.2) is 0 Å². The predicted molar refractivity (Wildman–Crippen MR) is 125 cm³/mol. The van der Waals surface area contributed by atoms with Crippen LogP contribution < -0.4 is 10.1 Å². The van der Waals surface area contributed by atoms with Gasteiger partial charge in [0.1, 0.15) is 11.4 Å². The number of carbonyl (C=O) groups excluding carboxylic acids is 2. The number of halogens is 1. The number of hydrogen-bond donors (Lipinski definition) is 1. The van der Waals surface area contributed by atoms with Gasteiger partial charge in [-0.3, -0.25) is 19.7 Å². The number of benzene rings is 2. The van der Waals surface area contributed by atoms with E-state index < -0.39 is 16.6 Å². The normalized spacial score (nSPS) is 10.8. The molecule has 0 aliphatic heterocycles. The van der Waals surface area contributed by atoms with Gasteiger partial charge in [0.25, 0.3) is 17.4 Å². The summed E-state index contributed by atoms with van der Waals surface area (Å²) < 4.78 is 6.82. The summed E-state index contributed by atoms with van der Waals surface area (Å²) >= 11 is 6.29. The zero-order chi connectivity index (χ0) is 23.7. The lowest BCUT2D eigenvalue weighted by atomic mass is 10.0. The monoisotopic (exact) mass is 463 g/mol. The number of hydrogen-bond acceptors (Lipinski definition) is 5. The minimum atomic E-state index is -0.914. The van der Waals surface area contributed by atoms with E-state index in [0.717, 1.165) is 0 Å². The zero-order valence-corrected chi connectivity index (χ0v) is 18.4. The summed E-state index contributed by atoms with van der Waals surface area (Å²) in [5, 5.41) is 14.0. The van der Waals surface area contributed by atoms with E-state index in [1.54, 1.807) is 47.9 Å². The zero-order valence-electron chi connectivity index (χ0n) is 17.7. The third kappa shape index (κ3) is 4.16. The molecule has 9 heteroatoms. The first kappa shape index (κ1) is 22.0. The summed E-state index contributed by atoms with van der Waals surface area (Å²) in [6.45, 7) is 1.68. The van der Waals surface area contributed by atoms with E-state index in [9.17, 15) is 19.7 Å². The van der Waals surface area contributed by atoms with E-state index in [-0.39, 0.29) is 17.1 Å². The second kappa shape index (κ2) is 8.76. The maximum absolute atomic E-state index is 13.3. The Morgan fingerprint density at radius 3 is 2.58 bits per heavy atom. The highest BCUT2D eigenvalue weighted by Gasteiger charge is 2.26. The van der Waals surface area contributed by atoms with Crippen LogP contribution in [0.15, 0.2) is 66.9 Å². The number of aryl methyl sites for hydroxylation is 1. The van der Waals surface area contributed by atoms with Gasteiger partial charge in [-0.15, -0.1) is 0 Å². The molecule has 2 heterocycles. The SMILES string of the molecule is COc1ccc(-c2cc3ccccn3c2C(=O)C(=O)Nc2cc([N+](=O)[O-])ccc2C)cc1Cl. The molecule has 2 aromatic carbocycles. The number of ketones is 1. The van der Waals surface area contributed by atoms with Crippen molar-refractivity contribution in [1.29, 1.82) is 0 Å². The molecular formula is C24H18ClN3O5. The Hall–Kier alpha value is -4.17. The number of amides is 1. The number of nitrogens with zero attached hydrogens (tertiary/aromatic N) is 2. The Bertz CT molecular complexity index is 1430. The first-order valence-electron chi connectivity index (χ1n) is 9.85. The van der Waals surface area contributed by atoms with E-state index in [1.165, 1.54) is 25.3 Å². The Balaban J connectivity index is 1.78. The van der Waals surface area contributed by atoms with Crippen molar-refractivity contribution in [3.05, 3.63) is 93.3 Å². The molecule has 0 atom stereocenters. The summed E-state index contributed by atoms with van der Waals surface area (Å²) in [6, 6.07) is 16.3. The number of rotatable bonds is 6. The summed E-state index contributed by atoms with van der Waals surface area (Å²) in [5.41, 5.74) is 2.59. The second-order valence-electron chi connectivity index (χ2n) is 7.29. The van der Waals surface area contributed by atoms with Crippen LogP contribution >= 0.6 is 11.6 Å². The van der Waals surface area contributed by atoms with Gasteiger partial charge >= 0.3 is 0 Å². The van der Waals surface area contributed by atoms with Gasteiger partial charge in [0.15, 0.2) is 0 Å². The first-order chi connectivity index (χ1) is 15.8. The highest BCUT2D eigenvalue weighted by molar-refractivity contribution is 6.47. The second-order valence-corrected chi connectivity index (χ2v) is 7.70. The van der Waals surface area contributed by atoms with Crippen molar-refractivity contribution < 1.29 is 19.2 Å². The fraction of sp³-hybridized carbons (Fsp3) is 0.0833. The number of nitro benzene ring substituents is 1. The van der Waals surface area contributed by atoms with Crippen molar-refractivity contribution in [2.75, 3.05) is 12.4 Å². The number of nitrogens with one attached hydrogen (secondary N) is 1. The number of Topliss-reactive ketones (excluding diaryl/α,β-unsaturated/α-hetero) is 1. The van der Waals surface area contributed by atoms with Crippen LogP contribution in [0.2, 0.25) is 5.02 Å². The molecule has 0 aliphatic rings. The third-order valence-corrected chi connectivity index (χ3v) is 5.54. The van der Waals surface area contributed by atoms with Crippen LogP contribution in [0.4, 0.5) is 11.4 Å². The lowest BCUT2D eigenvalue weighted by molar-refractivity contribution is -0.384. The molecule has 33 heavy (non-hydrogen) atoms. The van der Waals surface area contributed by atoms with Crippen molar-refractivity contribution in [3.8, 4) is 16.9 Å². The third-order valence-electron chi connectivity index (χ3n) is 5.24. The Kier molecular flexibility index (Phi) is 5.85. The van der Waals surface area contributed by atoms with Crippen molar-refractivity contribution >= 4 is 40.2 Å². The molecule has 0 spiro atoms. The maximum Gasteiger partial charge on any atom is 0.298 e. The minimum Gasteiger partial charge on any atom is -0.495 e. The fourth-order valence-electron chi connectivity index (χ4n) is 3.55. The van der Waals surface area contributed by atoms with Crippen LogP contribution in [0.3, 0.4) is 0 Å². The van der Waals surface area contributed by atoms with Crippen LogP contribution in [-0.2, 0) is 4.79 Å². The van der Waals surface area contributed by atoms with Gasteiger partial charge < -0.3 is 14.5 Å². The van der Waals surface area contributed by atoms with Crippen molar-refractivity contribution in [2.45, 2.75) is 6.92 Å². The lowest BCUT2D eigenvalue weighted by Gasteiger charge is -2.10. The minimum absolute atomic E-state index is 0.146. The number of fused-ring (bicyclic) bond motifs is 1. The van der Waals surface area contributed by atoms with Gasteiger partial charge in [-0.1, -0.05) is 29.8 Å². The molecule has 1 N–H and O–H groups in total. The quantitative estimate of drug-likeness (QED) is 0.181. The summed E-state index contributed by atoms with van der Waals surface area (Å²) in [6.07, 6.45) is 1.68. The number of ether oxygens (including phenoxy) is 1. The molecule has 4 aromatic rings. The van der Waals surface area contributed by atoms with E-state index in [0.29, 0.717) is 33.0 Å². The molecule has 0 saturated carbocycles. The van der Waals surface area contributed by atoms with Crippen LogP contribution in [0.5, 0.6) is 5.75 Å². The van der Waals surface area contributed by atoms with E-state index in [4.69, 9.17) is 16.3 Å². The van der Waals surface area contributed by atoms with Crippen LogP contribution in [0, 0.1) is 17.0 Å². The molecule has 0 bridgehead atoms. The Morgan fingerprint density at radius 1 is 1.09 bits per heavy atom. The molecule has 4 rings (SSSR count). The lowest BCUT2D eigenvalue weighted by Crippen LogP contribution is -2.25. The van der Waals surface area contributed by atoms with Crippen LogP contribution in [-0.4, -0.2) is 28.1 Å². The molecule has 166 valence electrons. The summed E-state index contributed by atoms with van der Waals surface area (Å²) in [5.74, 6) is -1.23. The molecular weight excluding hydrogens is 446 g/mol. The largest absolute Gasteiger partial charge is 0.495 e. The number of methoxy groups -OCH3 is 1. The van der Waals surface area contributed by atoms with Crippen LogP contribution in [0.1, 0.15) is 16.1 Å². The van der Waals surface area contributed by atoms with Crippen molar-refractivity contribution in [1.82, 2.24) is 4.40 Å². The highest BCUT2D eigenvalue weighted by atomic mass is 35.5. The number of nitro groups is 1. The first-order valence-corrected chi connectivity index (χ1v) is 10.2. The molecule has 1 amide bonds. The van der Waals surface area contributed by atoms with Gasteiger partial charge in [-0.05, 0) is 48.4 Å². The van der Waals surface area contributed by atoms with Gasteiger partial charge in [0.05, 0.1) is 22.7 Å². The van der Waals surface area contributed by atoms with Gasteiger partial charge in [0, 0.05) is 29.4 Å². The van der Waals surface area contributed by atoms with E-state index in [2.05, 4.69) is 5.32 Å².